The van der Waals surface area contributed by atoms with E-state index >= 15 is 0 Å². The summed E-state index contributed by atoms with van der Waals surface area (Å²) in [6.45, 7) is 8.05. The number of carboxylic acid groups (broad SMARTS) is 3. The van der Waals surface area contributed by atoms with Crippen LogP contribution in [0.25, 0.3) is 0 Å². The summed E-state index contributed by atoms with van der Waals surface area (Å²) in [5.74, 6) is -3.50. The molecule has 0 spiro atoms. The van der Waals surface area contributed by atoms with E-state index in [0.29, 0.717) is 31.0 Å². The van der Waals surface area contributed by atoms with Gasteiger partial charge in [-0.25, -0.2) is 9.59 Å². The number of nitrogens with two attached hydrogens (primary N) is 5. The minimum Gasteiger partial charge on any atom is -0.480 e. The van der Waals surface area contributed by atoms with Crippen LogP contribution in [0.1, 0.15) is 74.1 Å². The Kier molecular flexibility index (Phi) is 24.3. The molecule has 242 valence electrons. The van der Waals surface area contributed by atoms with Crippen LogP contribution in [0.15, 0.2) is 18.2 Å². The molecule has 0 radical (unpaired) electrons. The van der Waals surface area contributed by atoms with Crippen molar-refractivity contribution in [2.75, 3.05) is 26.5 Å². The van der Waals surface area contributed by atoms with Crippen molar-refractivity contribution in [1.82, 2.24) is 0 Å². The largest absolute Gasteiger partial charge is 0.480 e. The number of unbranched alkanes of at least 4 members (excludes halogenated alkanes) is 1. The SMILES string of the molecule is CC(C)C[C@H](N)C(=O)O.CC(C)[C@H](N)C(=O)O.COC(=O)c1cc(N)cc(C(=O)OC)c1.NCCCC[C@H](N)C(=O)O. The van der Waals surface area contributed by atoms with Crippen LogP contribution in [-0.2, 0) is 23.9 Å². The summed E-state index contributed by atoms with van der Waals surface area (Å²) in [6, 6.07) is 2.11. The topological polar surface area (TPSA) is 295 Å². The van der Waals surface area contributed by atoms with Crippen molar-refractivity contribution < 1.29 is 48.8 Å². The zero-order valence-corrected chi connectivity index (χ0v) is 25.2. The predicted octanol–water partition coefficient (Wildman–Crippen LogP) is 0.868. The highest BCUT2D eigenvalue weighted by Crippen LogP contribution is 2.14. The molecule has 3 atom stereocenters. The van der Waals surface area contributed by atoms with Crippen molar-refractivity contribution >= 4 is 35.5 Å². The fourth-order valence-corrected chi connectivity index (χ4v) is 2.65. The molecule has 0 heterocycles. The first-order valence-electron chi connectivity index (χ1n) is 13.1. The molecule has 0 aromatic heterocycles. The maximum Gasteiger partial charge on any atom is 0.337 e. The average molecular weight is 604 g/mol. The number of carbonyl (C=O) groups excluding carboxylic acids is 2. The quantitative estimate of drug-likeness (QED) is 0.0933. The molecule has 0 aliphatic carbocycles. The molecule has 0 saturated heterocycles. The van der Waals surface area contributed by atoms with Crippen LogP contribution >= 0.6 is 0 Å². The van der Waals surface area contributed by atoms with E-state index < -0.39 is 48.0 Å². The van der Waals surface area contributed by atoms with Gasteiger partial charge in [0.05, 0.1) is 25.3 Å². The van der Waals surface area contributed by atoms with E-state index in [9.17, 15) is 24.0 Å². The Balaban J connectivity index is -0.000000501. The summed E-state index contributed by atoms with van der Waals surface area (Å²) in [5.41, 5.74) is 27.1. The van der Waals surface area contributed by atoms with E-state index in [1.54, 1.807) is 13.8 Å². The van der Waals surface area contributed by atoms with Gasteiger partial charge in [-0.15, -0.1) is 0 Å². The molecule has 0 aliphatic rings. The highest BCUT2D eigenvalue weighted by molar-refractivity contribution is 5.96. The Labute approximate surface area is 246 Å². The first kappa shape index (κ1) is 42.7. The number of hydrogen-bond donors (Lipinski definition) is 8. The predicted molar refractivity (Wildman–Crippen MR) is 158 cm³/mol. The normalized spacial score (nSPS) is 12.1. The number of nitrogen functional groups attached to an aromatic ring is 1. The highest BCUT2D eigenvalue weighted by atomic mass is 16.5. The third-order valence-electron chi connectivity index (χ3n) is 5.13. The number of benzene rings is 1. The average Bonchev–Trinajstić information content (AvgIpc) is 2.91. The van der Waals surface area contributed by atoms with Gasteiger partial charge in [0.25, 0.3) is 0 Å². The third kappa shape index (κ3) is 22.0. The lowest BCUT2D eigenvalue weighted by atomic mass is 10.1. The second-order valence-corrected chi connectivity index (χ2v) is 9.74. The molecule has 0 saturated carbocycles. The number of anilines is 1. The van der Waals surface area contributed by atoms with Gasteiger partial charge in [-0.3, -0.25) is 14.4 Å². The minimum atomic E-state index is -0.933. The maximum atomic E-state index is 11.2. The molecular formula is C27H49N5O10. The Morgan fingerprint density at radius 2 is 1.17 bits per heavy atom. The second-order valence-electron chi connectivity index (χ2n) is 9.74. The van der Waals surface area contributed by atoms with Crippen LogP contribution in [0.5, 0.6) is 0 Å². The summed E-state index contributed by atoms with van der Waals surface area (Å²) in [6.07, 6.45) is 2.72. The molecule has 42 heavy (non-hydrogen) atoms. The summed E-state index contributed by atoms with van der Waals surface area (Å²) in [5, 5.41) is 24.9. The molecule has 1 aromatic carbocycles. The lowest BCUT2D eigenvalue weighted by Crippen LogP contribution is -2.34. The number of aliphatic carboxylic acids is 3. The molecule has 0 fully saturated rings. The fourth-order valence-electron chi connectivity index (χ4n) is 2.65. The van der Waals surface area contributed by atoms with Gasteiger partial charge >= 0.3 is 29.8 Å². The van der Waals surface area contributed by atoms with Crippen LogP contribution in [-0.4, -0.2) is 84.1 Å². The number of methoxy groups -OCH3 is 2. The van der Waals surface area contributed by atoms with Crippen LogP contribution in [0.3, 0.4) is 0 Å². The third-order valence-corrected chi connectivity index (χ3v) is 5.13. The maximum absolute atomic E-state index is 11.2. The van der Waals surface area contributed by atoms with Gasteiger partial charge in [-0.2, -0.15) is 0 Å². The number of carboxylic acids is 3. The standard InChI is InChI=1S/C10H11NO4.C6H14N2O2.C6H13NO2.C5H11NO2/c1-14-9(12)6-3-7(10(13)15-2)5-8(11)4-6;7-4-2-1-3-5(8)6(9)10;1-4(2)3-5(7)6(8)9;1-3(2)4(6)5(7)8/h3-5H,11H2,1-2H3;5H,1-4,7-8H2,(H,9,10);4-5H,3,7H2,1-2H3,(H,8,9);3-4H,6H2,1-2H3,(H,7,8)/t;2*5-;4-/m.000/s1. The van der Waals surface area contributed by atoms with Crippen molar-refractivity contribution in [3.05, 3.63) is 29.3 Å². The zero-order chi connectivity index (χ0) is 33.6. The molecule has 15 nitrogen and oxygen atoms in total. The molecule has 0 amide bonds. The van der Waals surface area contributed by atoms with Crippen LogP contribution in [0.4, 0.5) is 5.69 Å². The van der Waals surface area contributed by atoms with Gasteiger partial charge in [-0.1, -0.05) is 34.1 Å². The number of carbonyl (C=O) groups is 5. The molecular weight excluding hydrogens is 554 g/mol. The van der Waals surface area contributed by atoms with E-state index in [1.807, 2.05) is 13.8 Å². The first-order valence-corrected chi connectivity index (χ1v) is 13.1. The molecule has 0 aliphatic heterocycles. The van der Waals surface area contributed by atoms with Gasteiger partial charge in [0.15, 0.2) is 0 Å². The van der Waals surface area contributed by atoms with Crippen LogP contribution in [0, 0.1) is 11.8 Å². The molecule has 0 bridgehead atoms. The van der Waals surface area contributed by atoms with E-state index in [4.69, 9.17) is 44.0 Å². The van der Waals surface area contributed by atoms with Gasteiger partial charge in [0, 0.05) is 5.69 Å². The Morgan fingerprint density at radius 1 is 0.738 bits per heavy atom. The Bertz CT molecular complexity index is 938. The van der Waals surface area contributed by atoms with Crippen molar-refractivity contribution in [3.8, 4) is 0 Å². The summed E-state index contributed by atoms with van der Waals surface area (Å²) < 4.78 is 9.03. The Hall–Kier alpha value is -3.79. The first-order chi connectivity index (χ1) is 19.3. The van der Waals surface area contributed by atoms with E-state index in [0.717, 1.165) is 12.8 Å². The zero-order valence-electron chi connectivity index (χ0n) is 25.2. The van der Waals surface area contributed by atoms with Crippen LogP contribution in [0.2, 0.25) is 0 Å². The smallest absolute Gasteiger partial charge is 0.337 e. The molecule has 0 unspecified atom stereocenters. The number of hydrogen-bond acceptors (Lipinski definition) is 12. The molecule has 1 rings (SSSR count). The van der Waals surface area contributed by atoms with Gasteiger partial charge < -0.3 is 53.5 Å². The van der Waals surface area contributed by atoms with Gasteiger partial charge in [-0.05, 0) is 55.8 Å². The Morgan fingerprint density at radius 3 is 1.40 bits per heavy atom. The number of rotatable bonds is 12. The number of ether oxygens (including phenoxy) is 2. The monoisotopic (exact) mass is 603 g/mol. The lowest BCUT2D eigenvalue weighted by molar-refractivity contribution is -0.140. The minimum absolute atomic E-state index is 0.0208. The van der Waals surface area contributed by atoms with E-state index in [-0.39, 0.29) is 17.0 Å². The molecule has 15 heteroatoms. The molecule has 1 aromatic rings. The van der Waals surface area contributed by atoms with Gasteiger partial charge in [0.1, 0.15) is 18.1 Å². The molecule has 13 N–H and O–H groups in total. The van der Waals surface area contributed by atoms with Crippen molar-refractivity contribution in [2.24, 2.45) is 34.8 Å². The summed E-state index contributed by atoms with van der Waals surface area (Å²) in [7, 11) is 2.51. The van der Waals surface area contributed by atoms with Crippen molar-refractivity contribution in [2.45, 2.75) is 71.5 Å². The summed E-state index contributed by atoms with van der Waals surface area (Å²) >= 11 is 0. The van der Waals surface area contributed by atoms with E-state index in [2.05, 4.69) is 9.47 Å². The van der Waals surface area contributed by atoms with Crippen LogP contribution < -0.4 is 28.7 Å². The van der Waals surface area contributed by atoms with E-state index in [1.165, 1.54) is 32.4 Å². The fraction of sp³-hybridized carbons (Fsp3) is 0.593. The number of esters is 2. The highest BCUT2D eigenvalue weighted by Gasteiger charge is 2.15. The van der Waals surface area contributed by atoms with Crippen molar-refractivity contribution in [1.29, 1.82) is 0 Å². The second kappa shape index (κ2) is 23.9. The lowest BCUT2D eigenvalue weighted by Gasteiger charge is -2.07. The van der Waals surface area contributed by atoms with Gasteiger partial charge in [0.2, 0.25) is 0 Å². The summed E-state index contributed by atoms with van der Waals surface area (Å²) in [4.78, 5) is 52.7. The van der Waals surface area contributed by atoms with Crippen molar-refractivity contribution in [3.63, 3.8) is 0 Å².